The Hall–Kier alpha value is -3.03. The Morgan fingerprint density at radius 1 is 0.933 bits per heavy atom. The number of nitrogens with zero attached hydrogens (tertiary/aromatic N) is 2. The van der Waals surface area contributed by atoms with Crippen LogP contribution in [0.5, 0.6) is 0 Å². The van der Waals surface area contributed by atoms with Gasteiger partial charge in [0.2, 0.25) is 0 Å². The summed E-state index contributed by atoms with van der Waals surface area (Å²) in [5.74, 6) is -1.05. The van der Waals surface area contributed by atoms with Gasteiger partial charge in [0.05, 0.1) is 18.8 Å². The first-order valence-electron chi connectivity index (χ1n) is 10.0. The first-order valence-corrected chi connectivity index (χ1v) is 10.0. The molecule has 2 heterocycles. The van der Waals surface area contributed by atoms with Gasteiger partial charge in [-0.05, 0) is 36.8 Å². The van der Waals surface area contributed by atoms with Gasteiger partial charge in [0.1, 0.15) is 11.5 Å². The Balaban J connectivity index is 1.61. The topological polar surface area (TPSA) is 61.9 Å². The zero-order valence-electron chi connectivity index (χ0n) is 16.9. The minimum Gasteiger partial charge on any atom is -0.379 e. The first-order chi connectivity index (χ1) is 14.5. The van der Waals surface area contributed by atoms with E-state index in [9.17, 15) is 14.0 Å². The normalized spacial score (nSPS) is 17.7. The average Bonchev–Trinajstić information content (AvgIpc) is 2.99. The molecule has 0 aliphatic carbocycles. The van der Waals surface area contributed by atoms with Crippen LogP contribution in [0, 0.1) is 12.7 Å². The molecule has 156 valence electrons. The molecule has 2 amide bonds. The van der Waals surface area contributed by atoms with Crippen molar-refractivity contribution in [1.82, 2.24) is 9.80 Å². The number of amides is 2. The number of imide groups is 1. The molecule has 6 nitrogen and oxygen atoms in total. The van der Waals surface area contributed by atoms with Crippen molar-refractivity contribution >= 4 is 23.1 Å². The molecule has 2 aliphatic rings. The van der Waals surface area contributed by atoms with Crippen molar-refractivity contribution in [3.8, 4) is 0 Å². The maximum Gasteiger partial charge on any atom is 0.278 e. The van der Waals surface area contributed by atoms with Crippen molar-refractivity contribution in [2.45, 2.75) is 6.92 Å². The number of carbonyl (C=O) groups excluding carboxylic acids is 2. The van der Waals surface area contributed by atoms with E-state index in [0.29, 0.717) is 43.1 Å². The molecule has 2 aliphatic heterocycles. The lowest BCUT2D eigenvalue weighted by atomic mass is 10.0. The van der Waals surface area contributed by atoms with Crippen LogP contribution in [-0.4, -0.2) is 61.0 Å². The maximum atomic E-state index is 13.3. The van der Waals surface area contributed by atoms with Crippen LogP contribution in [0.15, 0.2) is 54.2 Å². The Kier molecular flexibility index (Phi) is 5.92. The van der Waals surface area contributed by atoms with Crippen molar-refractivity contribution in [1.29, 1.82) is 0 Å². The molecule has 0 unspecified atom stereocenters. The van der Waals surface area contributed by atoms with Gasteiger partial charge >= 0.3 is 0 Å². The van der Waals surface area contributed by atoms with Crippen LogP contribution in [0.3, 0.4) is 0 Å². The first kappa shape index (κ1) is 20.3. The minimum atomic E-state index is -0.367. The van der Waals surface area contributed by atoms with Gasteiger partial charge in [-0.1, -0.05) is 29.8 Å². The highest BCUT2D eigenvalue weighted by Gasteiger charge is 2.39. The Labute approximate surface area is 174 Å². The summed E-state index contributed by atoms with van der Waals surface area (Å²) >= 11 is 0. The van der Waals surface area contributed by atoms with Crippen LogP contribution in [0.25, 0.3) is 5.57 Å². The van der Waals surface area contributed by atoms with Gasteiger partial charge in [-0.2, -0.15) is 0 Å². The van der Waals surface area contributed by atoms with E-state index in [2.05, 4.69) is 10.2 Å². The van der Waals surface area contributed by atoms with Crippen LogP contribution < -0.4 is 5.32 Å². The summed E-state index contributed by atoms with van der Waals surface area (Å²) in [6.45, 7) is 5.77. The lowest BCUT2D eigenvalue weighted by Crippen LogP contribution is -2.43. The molecular formula is C23H24FN3O3. The monoisotopic (exact) mass is 409 g/mol. The average molecular weight is 409 g/mol. The second kappa shape index (κ2) is 8.77. The van der Waals surface area contributed by atoms with Crippen molar-refractivity contribution in [2.75, 3.05) is 44.7 Å². The fraction of sp³-hybridized carbons (Fsp3) is 0.304. The second-order valence-corrected chi connectivity index (χ2v) is 7.46. The number of ether oxygens (including phenoxy) is 1. The molecule has 1 fully saturated rings. The lowest BCUT2D eigenvalue weighted by Gasteiger charge is -2.28. The molecule has 0 spiro atoms. The molecule has 0 atom stereocenters. The van der Waals surface area contributed by atoms with Crippen LogP contribution in [-0.2, 0) is 14.3 Å². The van der Waals surface area contributed by atoms with Gasteiger partial charge in [-0.3, -0.25) is 19.4 Å². The SMILES string of the molecule is Cc1ccc(C2=C(Nc3ccc(F)cc3)C(=O)N(CCN3CCOCC3)C2=O)cc1. The summed E-state index contributed by atoms with van der Waals surface area (Å²) in [4.78, 5) is 29.9. The van der Waals surface area contributed by atoms with Crippen molar-refractivity contribution in [2.24, 2.45) is 0 Å². The number of morpholine rings is 1. The highest BCUT2D eigenvalue weighted by atomic mass is 19.1. The number of halogens is 1. The molecule has 1 N–H and O–H groups in total. The van der Waals surface area contributed by atoms with Crippen molar-refractivity contribution in [3.63, 3.8) is 0 Å². The van der Waals surface area contributed by atoms with Gasteiger partial charge in [0, 0.05) is 31.9 Å². The smallest absolute Gasteiger partial charge is 0.278 e. The highest BCUT2D eigenvalue weighted by Crippen LogP contribution is 2.30. The van der Waals surface area contributed by atoms with Gasteiger partial charge < -0.3 is 10.1 Å². The summed E-state index contributed by atoms with van der Waals surface area (Å²) in [5.41, 5.74) is 2.85. The quantitative estimate of drug-likeness (QED) is 0.744. The summed E-state index contributed by atoms with van der Waals surface area (Å²) in [7, 11) is 0. The third-order valence-electron chi connectivity index (χ3n) is 5.37. The number of rotatable bonds is 6. The number of carbonyl (C=O) groups is 2. The highest BCUT2D eigenvalue weighted by molar-refractivity contribution is 6.36. The van der Waals surface area contributed by atoms with Gasteiger partial charge in [-0.25, -0.2) is 4.39 Å². The summed E-state index contributed by atoms with van der Waals surface area (Å²) in [6.07, 6.45) is 0. The van der Waals surface area contributed by atoms with E-state index in [1.165, 1.54) is 17.0 Å². The Bertz CT molecular complexity index is 964. The summed E-state index contributed by atoms with van der Waals surface area (Å²) < 4.78 is 18.6. The molecule has 0 saturated carbocycles. The van der Waals surface area contributed by atoms with Gasteiger partial charge in [-0.15, -0.1) is 0 Å². The molecule has 0 bridgehead atoms. The van der Waals surface area contributed by atoms with E-state index in [4.69, 9.17) is 4.74 Å². The number of nitrogens with one attached hydrogen (secondary N) is 1. The molecule has 0 aromatic heterocycles. The molecule has 4 rings (SSSR count). The second-order valence-electron chi connectivity index (χ2n) is 7.46. The number of benzene rings is 2. The standard InChI is InChI=1S/C23H24FN3O3/c1-16-2-4-17(5-3-16)20-21(25-19-8-6-18(24)7-9-19)23(29)27(22(20)28)11-10-26-12-14-30-15-13-26/h2-9,25H,10-15H2,1H3. The number of anilines is 1. The predicted octanol–water partition coefficient (Wildman–Crippen LogP) is 2.66. The number of hydrogen-bond acceptors (Lipinski definition) is 5. The fourth-order valence-electron chi connectivity index (χ4n) is 3.63. The Morgan fingerprint density at radius 2 is 1.60 bits per heavy atom. The zero-order chi connectivity index (χ0) is 21.1. The zero-order valence-corrected chi connectivity index (χ0v) is 16.9. The number of aryl methyl sites for hydroxylation is 1. The van der Waals surface area contributed by atoms with Crippen LogP contribution in [0.4, 0.5) is 10.1 Å². The van der Waals surface area contributed by atoms with E-state index in [-0.39, 0.29) is 23.3 Å². The predicted molar refractivity (Wildman–Crippen MR) is 112 cm³/mol. The molecule has 2 aromatic rings. The molecule has 30 heavy (non-hydrogen) atoms. The molecule has 2 aromatic carbocycles. The van der Waals surface area contributed by atoms with Crippen LogP contribution in [0.1, 0.15) is 11.1 Å². The van der Waals surface area contributed by atoms with Crippen LogP contribution in [0.2, 0.25) is 0 Å². The van der Waals surface area contributed by atoms with E-state index < -0.39 is 0 Å². The minimum absolute atomic E-state index is 0.220. The third-order valence-corrected chi connectivity index (χ3v) is 5.37. The fourth-order valence-corrected chi connectivity index (χ4v) is 3.63. The maximum absolute atomic E-state index is 13.3. The Morgan fingerprint density at radius 3 is 2.27 bits per heavy atom. The summed E-state index contributed by atoms with van der Waals surface area (Å²) in [6, 6.07) is 13.2. The van der Waals surface area contributed by atoms with E-state index in [1.807, 2.05) is 31.2 Å². The van der Waals surface area contributed by atoms with Gasteiger partial charge in [0.15, 0.2) is 0 Å². The third kappa shape index (κ3) is 4.27. The van der Waals surface area contributed by atoms with Crippen molar-refractivity contribution < 1.29 is 18.7 Å². The largest absolute Gasteiger partial charge is 0.379 e. The lowest BCUT2D eigenvalue weighted by molar-refractivity contribution is -0.137. The molecule has 0 radical (unpaired) electrons. The molecular weight excluding hydrogens is 385 g/mol. The number of hydrogen-bond donors (Lipinski definition) is 1. The van der Waals surface area contributed by atoms with Gasteiger partial charge in [0.25, 0.3) is 11.8 Å². The van der Waals surface area contributed by atoms with Crippen LogP contribution >= 0.6 is 0 Å². The van der Waals surface area contributed by atoms with Crippen molar-refractivity contribution in [3.05, 3.63) is 71.2 Å². The molecule has 1 saturated heterocycles. The van der Waals surface area contributed by atoms with E-state index >= 15 is 0 Å². The summed E-state index contributed by atoms with van der Waals surface area (Å²) in [5, 5.41) is 3.05. The molecule has 7 heteroatoms. The van der Waals surface area contributed by atoms with E-state index in [0.717, 1.165) is 18.7 Å². The van der Waals surface area contributed by atoms with E-state index in [1.54, 1.807) is 12.1 Å².